The average molecular weight is 298 g/mol. The van der Waals surface area contributed by atoms with Crippen LogP contribution in [0.1, 0.15) is 44.5 Å². The first-order valence-corrected chi connectivity index (χ1v) is 7.28. The molecule has 1 atom stereocenters. The van der Waals surface area contributed by atoms with Crippen molar-refractivity contribution in [2.24, 2.45) is 5.92 Å². The minimum atomic E-state index is -0.745. The first-order chi connectivity index (χ1) is 9.77. The highest BCUT2D eigenvalue weighted by molar-refractivity contribution is 5.94. The molecule has 1 amide bonds. The summed E-state index contributed by atoms with van der Waals surface area (Å²) in [5.74, 6) is -1.42. The van der Waals surface area contributed by atoms with Gasteiger partial charge >= 0.3 is 0 Å². The van der Waals surface area contributed by atoms with Crippen LogP contribution in [0.5, 0.6) is 0 Å². The van der Waals surface area contributed by atoms with E-state index in [4.69, 9.17) is 0 Å². The van der Waals surface area contributed by atoms with Gasteiger partial charge in [0.25, 0.3) is 5.91 Å². The average Bonchev–Trinajstić information content (AvgIpc) is 2.40. The summed E-state index contributed by atoms with van der Waals surface area (Å²) in [7, 11) is 1.66. The van der Waals surface area contributed by atoms with Gasteiger partial charge < -0.3 is 10.2 Å². The Hall–Kier alpha value is -1.65. The normalized spacial score (nSPS) is 12.4. The summed E-state index contributed by atoms with van der Waals surface area (Å²) < 4.78 is 27.7. The number of amides is 1. The van der Waals surface area contributed by atoms with Crippen molar-refractivity contribution in [2.45, 2.75) is 40.2 Å². The fraction of sp³-hybridized carbons (Fsp3) is 0.562. The van der Waals surface area contributed by atoms with E-state index in [1.54, 1.807) is 14.0 Å². The summed E-state index contributed by atoms with van der Waals surface area (Å²) in [6, 6.07) is 2.18. The lowest BCUT2D eigenvalue weighted by Crippen LogP contribution is -2.36. The zero-order valence-corrected chi connectivity index (χ0v) is 13.3. The second kappa shape index (κ2) is 7.38. The predicted octanol–water partition coefficient (Wildman–Crippen LogP) is 3.90. The maximum Gasteiger partial charge on any atom is 0.254 e. The van der Waals surface area contributed by atoms with Crippen molar-refractivity contribution in [2.75, 3.05) is 18.9 Å². The van der Waals surface area contributed by atoms with E-state index >= 15 is 0 Å². The largest absolute Gasteiger partial charge is 0.381 e. The van der Waals surface area contributed by atoms with Gasteiger partial charge in [-0.1, -0.05) is 13.8 Å². The van der Waals surface area contributed by atoms with Crippen molar-refractivity contribution in [3.05, 3.63) is 29.3 Å². The Morgan fingerprint density at radius 3 is 2.19 bits per heavy atom. The van der Waals surface area contributed by atoms with E-state index in [2.05, 4.69) is 19.2 Å². The molecule has 0 heterocycles. The second-order valence-corrected chi connectivity index (χ2v) is 5.74. The molecule has 0 aliphatic rings. The molecule has 1 unspecified atom stereocenters. The Morgan fingerprint density at radius 2 is 1.76 bits per heavy atom. The van der Waals surface area contributed by atoms with Gasteiger partial charge in [0.2, 0.25) is 0 Å². The molecule has 0 aromatic heterocycles. The minimum Gasteiger partial charge on any atom is -0.381 e. The summed E-state index contributed by atoms with van der Waals surface area (Å²) in [4.78, 5) is 13.8. The quantitative estimate of drug-likeness (QED) is 0.863. The zero-order valence-electron chi connectivity index (χ0n) is 13.3. The lowest BCUT2D eigenvalue weighted by Gasteiger charge is -2.26. The number of rotatable bonds is 6. The van der Waals surface area contributed by atoms with Crippen LogP contribution in [0, 0.1) is 17.6 Å². The number of carbonyl (C=O) groups excluding carboxylic acids is 1. The number of carbonyl (C=O) groups is 1. The first kappa shape index (κ1) is 17.4. The third-order valence-electron chi connectivity index (χ3n) is 3.44. The van der Waals surface area contributed by atoms with Crippen LogP contribution in [0.4, 0.5) is 14.5 Å². The van der Waals surface area contributed by atoms with Crippen molar-refractivity contribution in [3.8, 4) is 0 Å². The summed E-state index contributed by atoms with van der Waals surface area (Å²) in [5, 5.41) is 2.61. The van der Waals surface area contributed by atoms with Crippen LogP contribution in [0.3, 0.4) is 0 Å². The number of hydrogen-bond acceptors (Lipinski definition) is 2. The van der Waals surface area contributed by atoms with Gasteiger partial charge in [0, 0.05) is 25.2 Å². The standard InChI is InChI=1S/C16H24F2N2O/c1-6-19-15-13(17)8-12(9-14(15)18)16(21)20(5)11(4)7-10(2)3/h8-11,19H,6-7H2,1-5H3. The number of nitrogens with zero attached hydrogens (tertiary/aromatic N) is 1. The first-order valence-electron chi connectivity index (χ1n) is 7.28. The van der Waals surface area contributed by atoms with Crippen LogP contribution in [0.15, 0.2) is 12.1 Å². The minimum absolute atomic E-state index is 0.0112. The van der Waals surface area contributed by atoms with Crippen LogP contribution in [-0.2, 0) is 0 Å². The predicted molar refractivity (Wildman–Crippen MR) is 81.5 cm³/mol. The second-order valence-electron chi connectivity index (χ2n) is 5.74. The SMILES string of the molecule is CCNc1c(F)cc(C(=O)N(C)C(C)CC(C)C)cc1F. The molecule has 1 N–H and O–H groups in total. The Morgan fingerprint density at radius 1 is 1.24 bits per heavy atom. The Kier molecular flexibility index (Phi) is 6.12. The molecule has 3 nitrogen and oxygen atoms in total. The van der Waals surface area contributed by atoms with Gasteiger partial charge in [-0.25, -0.2) is 8.78 Å². The summed E-state index contributed by atoms with van der Waals surface area (Å²) in [6.45, 7) is 8.22. The number of nitrogens with one attached hydrogen (secondary N) is 1. The lowest BCUT2D eigenvalue weighted by atomic mass is 10.0. The van der Waals surface area contributed by atoms with E-state index in [-0.39, 0.29) is 23.2 Å². The van der Waals surface area contributed by atoms with E-state index in [1.165, 1.54) is 4.90 Å². The zero-order chi connectivity index (χ0) is 16.2. The van der Waals surface area contributed by atoms with Crippen molar-refractivity contribution in [3.63, 3.8) is 0 Å². The smallest absolute Gasteiger partial charge is 0.254 e. The third kappa shape index (κ3) is 4.41. The van der Waals surface area contributed by atoms with Gasteiger partial charge in [0.1, 0.15) is 17.3 Å². The van der Waals surface area contributed by atoms with Crippen LogP contribution < -0.4 is 5.32 Å². The van der Waals surface area contributed by atoms with Gasteiger partial charge in [0.05, 0.1) is 0 Å². The molecule has 0 aliphatic heterocycles. The Bertz CT molecular complexity index is 480. The number of halogens is 2. The highest BCUT2D eigenvalue weighted by Gasteiger charge is 2.21. The molecular formula is C16H24F2N2O. The third-order valence-corrected chi connectivity index (χ3v) is 3.44. The molecule has 0 fully saturated rings. The van der Waals surface area contributed by atoms with Crippen molar-refractivity contribution < 1.29 is 13.6 Å². The maximum absolute atomic E-state index is 13.9. The molecule has 0 radical (unpaired) electrons. The Labute approximate surface area is 125 Å². The van der Waals surface area contributed by atoms with Crippen molar-refractivity contribution >= 4 is 11.6 Å². The van der Waals surface area contributed by atoms with Crippen LogP contribution >= 0.6 is 0 Å². The van der Waals surface area contributed by atoms with Gasteiger partial charge in [-0.2, -0.15) is 0 Å². The summed E-state index contributed by atoms with van der Waals surface area (Å²) in [6.07, 6.45) is 0.836. The van der Waals surface area contributed by atoms with Crippen LogP contribution in [-0.4, -0.2) is 30.4 Å². The van der Waals surface area contributed by atoms with Gasteiger partial charge in [-0.15, -0.1) is 0 Å². The highest BCUT2D eigenvalue weighted by atomic mass is 19.1. The number of anilines is 1. The van der Waals surface area contributed by atoms with E-state index in [9.17, 15) is 13.6 Å². The molecule has 5 heteroatoms. The molecular weight excluding hydrogens is 274 g/mol. The number of hydrogen-bond donors (Lipinski definition) is 1. The van der Waals surface area contributed by atoms with Gasteiger partial charge in [-0.05, 0) is 38.3 Å². The summed E-state index contributed by atoms with van der Waals surface area (Å²) >= 11 is 0. The molecule has 0 saturated heterocycles. The fourth-order valence-corrected chi connectivity index (χ4v) is 2.29. The van der Waals surface area contributed by atoms with Crippen LogP contribution in [0.2, 0.25) is 0 Å². The summed E-state index contributed by atoms with van der Waals surface area (Å²) in [5.41, 5.74) is -0.156. The molecule has 0 aliphatic carbocycles. The fourth-order valence-electron chi connectivity index (χ4n) is 2.29. The molecule has 1 rings (SSSR count). The molecule has 0 saturated carbocycles. The van der Waals surface area contributed by atoms with E-state index in [0.717, 1.165) is 18.6 Å². The molecule has 0 spiro atoms. The van der Waals surface area contributed by atoms with E-state index < -0.39 is 11.6 Å². The van der Waals surface area contributed by atoms with Crippen molar-refractivity contribution in [1.29, 1.82) is 0 Å². The number of benzene rings is 1. The van der Waals surface area contributed by atoms with Crippen molar-refractivity contribution in [1.82, 2.24) is 4.90 Å². The topological polar surface area (TPSA) is 32.3 Å². The maximum atomic E-state index is 13.9. The van der Waals surface area contributed by atoms with Crippen LogP contribution in [0.25, 0.3) is 0 Å². The highest BCUT2D eigenvalue weighted by Crippen LogP contribution is 2.22. The molecule has 0 bridgehead atoms. The molecule has 21 heavy (non-hydrogen) atoms. The monoisotopic (exact) mass is 298 g/mol. The molecule has 1 aromatic carbocycles. The molecule has 1 aromatic rings. The van der Waals surface area contributed by atoms with Gasteiger partial charge in [0.15, 0.2) is 0 Å². The lowest BCUT2D eigenvalue weighted by molar-refractivity contribution is 0.0727. The van der Waals surface area contributed by atoms with E-state index in [1.807, 2.05) is 6.92 Å². The molecule has 118 valence electrons. The van der Waals surface area contributed by atoms with E-state index in [0.29, 0.717) is 12.5 Å². The van der Waals surface area contributed by atoms with Gasteiger partial charge in [-0.3, -0.25) is 4.79 Å². The Balaban J connectivity index is 2.97.